The van der Waals surface area contributed by atoms with E-state index in [1.54, 1.807) is 17.5 Å². The van der Waals surface area contributed by atoms with Gasteiger partial charge in [-0.15, -0.1) is 11.3 Å². The zero-order valence-electron chi connectivity index (χ0n) is 10.6. The van der Waals surface area contributed by atoms with Crippen molar-refractivity contribution in [3.05, 3.63) is 28.5 Å². The fourth-order valence-electron chi connectivity index (χ4n) is 1.51. The average Bonchev–Trinajstić information content (AvgIpc) is 2.86. The zero-order valence-corrected chi connectivity index (χ0v) is 11.4. The Hall–Kier alpha value is -1.69. The first kappa shape index (κ1) is 12.8. The molecular weight excluding hydrogens is 246 g/mol. The molecule has 0 aliphatic rings. The highest BCUT2D eigenvalue weighted by molar-refractivity contribution is 7.09. The maximum atomic E-state index is 4.36. The summed E-state index contributed by atoms with van der Waals surface area (Å²) in [6.45, 7) is 5.64. The van der Waals surface area contributed by atoms with Crippen LogP contribution in [-0.2, 0) is 6.54 Å². The van der Waals surface area contributed by atoms with Crippen molar-refractivity contribution in [2.24, 2.45) is 0 Å². The normalized spacial score (nSPS) is 10.3. The summed E-state index contributed by atoms with van der Waals surface area (Å²) in [5.74, 6) is 2.46. The van der Waals surface area contributed by atoms with Crippen LogP contribution >= 0.6 is 11.3 Å². The van der Waals surface area contributed by atoms with E-state index in [0.29, 0.717) is 6.54 Å². The van der Waals surface area contributed by atoms with E-state index >= 15 is 0 Å². The van der Waals surface area contributed by atoms with Crippen molar-refractivity contribution in [3.63, 3.8) is 0 Å². The lowest BCUT2D eigenvalue weighted by Gasteiger charge is -2.08. The molecule has 0 unspecified atom stereocenters. The van der Waals surface area contributed by atoms with Gasteiger partial charge < -0.3 is 10.6 Å². The third-order valence-corrected chi connectivity index (χ3v) is 3.08. The largest absolute Gasteiger partial charge is 0.370 e. The Balaban J connectivity index is 2.00. The first-order valence-electron chi connectivity index (χ1n) is 5.99. The van der Waals surface area contributed by atoms with Crippen LogP contribution in [0.4, 0.5) is 11.6 Å². The molecule has 0 aromatic carbocycles. The summed E-state index contributed by atoms with van der Waals surface area (Å²) in [6.07, 6.45) is 2.88. The van der Waals surface area contributed by atoms with Gasteiger partial charge in [0.25, 0.3) is 0 Å². The van der Waals surface area contributed by atoms with Crippen molar-refractivity contribution in [3.8, 4) is 0 Å². The van der Waals surface area contributed by atoms with Gasteiger partial charge in [-0.1, -0.05) is 6.92 Å². The molecule has 0 atom stereocenters. The van der Waals surface area contributed by atoms with Crippen LogP contribution in [0.25, 0.3) is 0 Å². The number of thiazole rings is 1. The van der Waals surface area contributed by atoms with Gasteiger partial charge in [0.2, 0.25) is 0 Å². The molecule has 2 N–H and O–H groups in total. The van der Waals surface area contributed by atoms with E-state index in [-0.39, 0.29) is 0 Å². The fourth-order valence-corrected chi connectivity index (χ4v) is 2.06. The van der Waals surface area contributed by atoms with Gasteiger partial charge in [-0.3, -0.25) is 0 Å². The summed E-state index contributed by atoms with van der Waals surface area (Å²) in [5, 5.41) is 9.55. The molecular formula is C12H17N5S. The lowest BCUT2D eigenvalue weighted by molar-refractivity contribution is 0.950. The first-order chi connectivity index (χ1) is 8.78. The van der Waals surface area contributed by atoms with Gasteiger partial charge in [0.05, 0.1) is 6.54 Å². The van der Waals surface area contributed by atoms with E-state index in [0.717, 1.165) is 35.4 Å². The Morgan fingerprint density at radius 1 is 1.22 bits per heavy atom. The highest BCUT2D eigenvalue weighted by Gasteiger charge is 2.02. The number of aromatic nitrogens is 3. The number of rotatable bonds is 6. The van der Waals surface area contributed by atoms with Crippen LogP contribution < -0.4 is 10.6 Å². The van der Waals surface area contributed by atoms with Gasteiger partial charge >= 0.3 is 0 Å². The molecule has 0 saturated heterocycles. The Kier molecular flexibility index (Phi) is 4.46. The molecule has 2 aromatic rings. The molecule has 0 radical (unpaired) electrons. The van der Waals surface area contributed by atoms with Crippen LogP contribution in [0.15, 0.2) is 17.6 Å². The van der Waals surface area contributed by atoms with E-state index in [9.17, 15) is 0 Å². The summed E-state index contributed by atoms with van der Waals surface area (Å²) in [4.78, 5) is 12.9. The Morgan fingerprint density at radius 2 is 2.00 bits per heavy atom. The number of nitrogens with one attached hydrogen (secondary N) is 2. The molecule has 5 nitrogen and oxygen atoms in total. The number of anilines is 2. The average molecular weight is 263 g/mol. The van der Waals surface area contributed by atoms with Crippen LogP contribution in [-0.4, -0.2) is 21.5 Å². The summed E-state index contributed by atoms with van der Waals surface area (Å²) in [5.41, 5.74) is 0. The highest BCUT2D eigenvalue weighted by atomic mass is 32.1. The van der Waals surface area contributed by atoms with Gasteiger partial charge in [0.15, 0.2) is 0 Å². The first-order valence-corrected chi connectivity index (χ1v) is 6.87. The minimum absolute atomic E-state index is 0.696. The predicted octanol–water partition coefficient (Wildman–Crippen LogP) is 2.68. The van der Waals surface area contributed by atoms with Crippen molar-refractivity contribution < 1.29 is 0 Å². The summed E-state index contributed by atoms with van der Waals surface area (Å²) < 4.78 is 0. The second-order valence-corrected chi connectivity index (χ2v) is 4.87. The molecule has 6 heteroatoms. The molecule has 0 spiro atoms. The molecule has 2 heterocycles. The second kappa shape index (κ2) is 6.30. The minimum Gasteiger partial charge on any atom is -0.370 e. The zero-order chi connectivity index (χ0) is 12.8. The maximum Gasteiger partial charge on any atom is 0.132 e. The number of nitrogens with zero attached hydrogens (tertiary/aromatic N) is 3. The van der Waals surface area contributed by atoms with Gasteiger partial charge in [-0.05, 0) is 13.3 Å². The lowest BCUT2D eigenvalue weighted by Crippen LogP contribution is -2.07. The standard InChI is InChI=1S/C12H17N5S/c1-3-4-13-10-7-11(17-9(2)16-10)15-8-12-14-5-6-18-12/h5-7H,3-4,8H2,1-2H3,(H2,13,15,16,17). The molecule has 96 valence electrons. The molecule has 2 rings (SSSR count). The topological polar surface area (TPSA) is 62.7 Å². The molecule has 0 aliphatic carbocycles. The fraction of sp³-hybridized carbons (Fsp3) is 0.417. The van der Waals surface area contributed by atoms with Gasteiger partial charge in [0.1, 0.15) is 22.5 Å². The van der Waals surface area contributed by atoms with Crippen LogP contribution in [0.3, 0.4) is 0 Å². The van der Waals surface area contributed by atoms with E-state index < -0.39 is 0 Å². The molecule has 0 fully saturated rings. The Labute approximate surface area is 111 Å². The van der Waals surface area contributed by atoms with E-state index in [4.69, 9.17) is 0 Å². The SMILES string of the molecule is CCCNc1cc(NCc2nccs2)nc(C)n1. The number of hydrogen-bond acceptors (Lipinski definition) is 6. The monoisotopic (exact) mass is 263 g/mol. The molecule has 18 heavy (non-hydrogen) atoms. The van der Waals surface area contributed by atoms with Crippen molar-refractivity contribution in [2.75, 3.05) is 17.2 Å². The highest BCUT2D eigenvalue weighted by Crippen LogP contribution is 2.13. The van der Waals surface area contributed by atoms with Gasteiger partial charge in [-0.2, -0.15) is 0 Å². The van der Waals surface area contributed by atoms with E-state index in [2.05, 4.69) is 32.5 Å². The predicted molar refractivity (Wildman–Crippen MR) is 75.0 cm³/mol. The van der Waals surface area contributed by atoms with Crippen LogP contribution in [0.2, 0.25) is 0 Å². The summed E-state index contributed by atoms with van der Waals surface area (Å²) in [7, 11) is 0. The number of aryl methyl sites for hydroxylation is 1. The van der Waals surface area contributed by atoms with E-state index in [1.165, 1.54) is 0 Å². The molecule has 0 amide bonds. The van der Waals surface area contributed by atoms with Crippen molar-refractivity contribution in [1.82, 2.24) is 15.0 Å². The van der Waals surface area contributed by atoms with Crippen molar-refractivity contribution in [1.29, 1.82) is 0 Å². The third-order valence-electron chi connectivity index (χ3n) is 2.30. The van der Waals surface area contributed by atoms with Crippen molar-refractivity contribution in [2.45, 2.75) is 26.8 Å². The van der Waals surface area contributed by atoms with Gasteiger partial charge in [-0.25, -0.2) is 15.0 Å². The number of hydrogen-bond donors (Lipinski definition) is 2. The maximum absolute atomic E-state index is 4.36. The van der Waals surface area contributed by atoms with E-state index in [1.807, 2.05) is 18.4 Å². The quantitative estimate of drug-likeness (QED) is 0.839. The molecule has 0 aliphatic heterocycles. The van der Waals surface area contributed by atoms with Crippen LogP contribution in [0.1, 0.15) is 24.2 Å². The second-order valence-electron chi connectivity index (χ2n) is 3.89. The smallest absolute Gasteiger partial charge is 0.132 e. The Morgan fingerprint density at radius 3 is 2.67 bits per heavy atom. The molecule has 0 saturated carbocycles. The molecule has 2 aromatic heterocycles. The minimum atomic E-state index is 0.696. The van der Waals surface area contributed by atoms with Crippen LogP contribution in [0, 0.1) is 6.92 Å². The summed E-state index contributed by atoms with van der Waals surface area (Å²) >= 11 is 1.63. The lowest BCUT2D eigenvalue weighted by atomic mass is 10.4. The third kappa shape index (κ3) is 3.66. The molecule has 0 bridgehead atoms. The summed E-state index contributed by atoms with van der Waals surface area (Å²) in [6, 6.07) is 1.93. The van der Waals surface area contributed by atoms with Gasteiger partial charge in [0, 0.05) is 24.2 Å². The van der Waals surface area contributed by atoms with Crippen molar-refractivity contribution >= 4 is 23.0 Å². The van der Waals surface area contributed by atoms with Crippen LogP contribution in [0.5, 0.6) is 0 Å². The Bertz CT molecular complexity index is 483.